The van der Waals surface area contributed by atoms with Gasteiger partial charge in [-0.15, -0.1) is 22.7 Å². The maximum atomic E-state index is 12.5. The van der Waals surface area contributed by atoms with E-state index < -0.39 is 11.8 Å². The van der Waals surface area contributed by atoms with Crippen molar-refractivity contribution in [3.63, 3.8) is 0 Å². The molecule has 0 bridgehead atoms. The zero-order valence-corrected chi connectivity index (χ0v) is 14.2. The molecule has 120 valence electrons. The number of nitrogens with zero attached hydrogens (tertiary/aromatic N) is 2. The number of thiophene rings is 1. The van der Waals surface area contributed by atoms with Crippen molar-refractivity contribution in [1.29, 1.82) is 0 Å². The largest absolute Gasteiger partial charge is 0.327 e. The molecule has 2 aliphatic rings. The SMILES string of the molecule is O=C(Nc1nc(C2CC2)cs1)C(=O)N1CCC[C@@H]1c1cccs1. The number of rotatable bonds is 3. The molecule has 1 saturated heterocycles. The van der Waals surface area contributed by atoms with Crippen LogP contribution in [0.2, 0.25) is 0 Å². The van der Waals surface area contributed by atoms with Crippen molar-refractivity contribution in [2.24, 2.45) is 0 Å². The Balaban J connectivity index is 1.43. The first kappa shape index (κ1) is 14.8. The van der Waals surface area contributed by atoms with E-state index in [9.17, 15) is 9.59 Å². The summed E-state index contributed by atoms with van der Waals surface area (Å²) in [5, 5.41) is 7.17. The number of carbonyl (C=O) groups excluding carboxylic acids is 2. The minimum Gasteiger partial charge on any atom is -0.327 e. The second-order valence-corrected chi connectivity index (χ2v) is 7.82. The maximum Gasteiger partial charge on any atom is 0.315 e. The molecule has 23 heavy (non-hydrogen) atoms. The fraction of sp³-hybridized carbons (Fsp3) is 0.438. The quantitative estimate of drug-likeness (QED) is 0.866. The van der Waals surface area contributed by atoms with Crippen molar-refractivity contribution >= 4 is 39.6 Å². The Labute approximate surface area is 142 Å². The highest BCUT2D eigenvalue weighted by molar-refractivity contribution is 7.14. The van der Waals surface area contributed by atoms with Crippen LogP contribution in [0.15, 0.2) is 22.9 Å². The summed E-state index contributed by atoms with van der Waals surface area (Å²) >= 11 is 3.03. The molecular formula is C16H17N3O2S2. The Morgan fingerprint density at radius 3 is 2.87 bits per heavy atom. The highest BCUT2D eigenvalue weighted by Crippen LogP contribution is 2.41. The van der Waals surface area contributed by atoms with E-state index in [-0.39, 0.29) is 6.04 Å². The molecule has 1 saturated carbocycles. The van der Waals surface area contributed by atoms with Gasteiger partial charge in [-0.2, -0.15) is 0 Å². The van der Waals surface area contributed by atoms with Crippen LogP contribution in [0.25, 0.3) is 0 Å². The average Bonchev–Trinajstić information content (AvgIpc) is 3.01. The summed E-state index contributed by atoms with van der Waals surface area (Å²) in [5.74, 6) is -0.483. The molecule has 7 heteroatoms. The lowest BCUT2D eigenvalue weighted by Crippen LogP contribution is -2.39. The van der Waals surface area contributed by atoms with Crippen LogP contribution in [0.3, 0.4) is 0 Å². The number of anilines is 1. The summed E-state index contributed by atoms with van der Waals surface area (Å²) in [6, 6.07) is 4.05. The van der Waals surface area contributed by atoms with Crippen LogP contribution in [-0.4, -0.2) is 28.2 Å². The molecule has 0 radical (unpaired) electrons. The van der Waals surface area contributed by atoms with E-state index in [2.05, 4.69) is 10.3 Å². The number of likely N-dealkylation sites (tertiary alicyclic amines) is 1. The van der Waals surface area contributed by atoms with Crippen molar-refractivity contribution in [2.45, 2.75) is 37.6 Å². The summed E-state index contributed by atoms with van der Waals surface area (Å²) in [6.45, 7) is 0.639. The van der Waals surface area contributed by atoms with Gasteiger partial charge in [-0.3, -0.25) is 14.9 Å². The summed E-state index contributed by atoms with van der Waals surface area (Å²) in [5.41, 5.74) is 1.04. The molecule has 1 N–H and O–H groups in total. The Morgan fingerprint density at radius 1 is 1.26 bits per heavy atom. The van der Waals surface area contributed by atoms with Crippen LogP contribution in [0.5, 0.6) is 0 Å². The maximum absolute atomic E-state index is 12.5. The molecule has 1 aliphatic carbocycles. The van der Waals surface area contributed by atoms with Crippen molar-refractivity contribution in [3.8, 4) is 0 Å². The molecule has 0 aromatic carbocycles. The Kier molecular flexibility index (Phi) is 3.90. The number of aromatic nitrogens is 1. The number of amides is 2. The van der Waals surface area contributed by atoms with Gasteiger partial charge < -0.3 is 4.90 Å². The van der Waals surface area contributed by atoms with E-state index in [0.29, 0.717) is 17.6 Å². The second kappa shape index (κ2) is 6.05. The third-order valence-electron chi connectivity index (χ3n) is 4.32. The van der Waals surface area contributed by atoms with Gasteiger partial charge in [-0.05, 0) is 37.1 Å². The molecule has 0 unspecified atom stereocenters. The third-order valence-corrected chi connectivity index (χ3v) is 6.07. The zero-order valence-electron chi connectivity index (χ0n) is 12.5. The number of thiazole rings is 1. The molecule has 2 aromatic rings. The van der Waals surface area contributed by atoms with Crippen molar-refractivity contribution in [1.82, 2.24) is 9.88 Å². The highest BCUT2D eigenvalue weighted by Gasteiger charge is 2.34. The van der Waals surface area contributed by atoms with Gasteiger partial charge in [0.2, 0.25) is 0 Å². The molecule has 5 nitrogen and oxygen atoms in total. The normalized spacial score (nSPS) is 20.7. The number of hydrogen-bond donors (Lipinski definition) is 1. The topological polar surface area (TPSA) is 62.3 Å². The van der Waals surface area contributed by atoms with Crippen molar-refractivity contribution < 1.29 is 9.59 Å². The smallest absolute Gasteiger partial charge is 0.315 e. The van der Waals surface area contributed by atoms with Gasteiger partial charge in [0.25, 0.3) is 0 Å². The average molecular weight is 347 g/mol. The van der Waals surface area contributed by atoms with E-state index in [0.717, 1.165) is 23.4 Å². The van der Waals surface area contributed by atoms with Crippen LogP contribution in [-0.2, 0) is 9.59 Å². The zero-order chi connectivity index (χ0) is 15.8. The van der Waals surface area contributed by atoms with E-state index in [4.69, 9.17) is 0 Å². The van der Waals surface area contributed by atoms with Crippen molar-refractivity contribution in [3.05, 3.63) is 33.5 Å². The van der Waals surface area contributed by atoms with Gasteiger partial charge in [0.15, 0.2) is 5.13 Å². The van der Waals surface area contributed by atoms with E-state index in [1.807, 2.05) is 22.9 Å². The number of hydrogen-bond acceptors (Lipinski definition) is 5. The first-order chi connectivity index (χ1) is 11.2. The summed E-state index contributed by atoms with van der Waals surface area (Å²) in [4.78, 5) is 32.0. The molecule has 3 heterocycles. The highest BCUT2D eigenvalue weighted by atomic mass is 32.1. The van der Waals surface area contributed by atoms with Gasteiger partial charge in [0.1, 0.15) is 0 Å². The summed E-state index contributed by atoms with van der Waals surface area (Å²) < 4.78 is 0. The van der Waals surface area contributed by atoms with Crippen LogP contribution in [0, 0.1) is 0 Å². The van der Waals surface area contributed by atoms with Gasteiger partial charge in [-0.25, -0.2) is 4.98 Å². The fourth-order valence-corrected chi connectivity index (χ4v) is 4.64. The molecule has 2 fully saturated rings. The fourth-order valence-electron chi connectivity index (χ4n) is 2.98. The lowest BCUT2D eigenvalue weighted by molar-refractivity contribution is -0.143. The monoisotopic (exact) mass is 347 g/mol. The van der Waals surface area contributed by atoms with Crippen molar-refractivity contribution in [2.75, 3.05) is 11.9 Å². The first-order valence-electron chi connectivity index (χ1n) is 7.83. The van der Waals surface area contributed by atoms with Crippen LogP contribution in [0.1, 0.15) is 48.2 Å². The van der Waals surface area contributed by atoms with E-state index >= 15 is 0 Å². The second-order valence-electron chi connectivity index (χ2n) is 5.98. The Morgan fingerprint density at radius 2 is 2.13 bits per heavy atom. The van der Waals surface area contributed by atoms with Crippen LogP contribution < -0.4 is 5.32 Å². The molecule has 0 spiro atoms. The Hall–Kier alpha value is -1.73. The van der Waals surface area contributed by atoms with Gasteiger partial charge in [0.05, 0.1) is 11.7 Å². The molecular weight excluding hydrogens is 330 g/mol. The molecule has 1 atom stereocenters. The summed E-state index contributed by atoms with van der Waals surface area (Å²) in [7, 11) is 0. The Bertz CT molecular complexity index is 722. The van der Waals surface area contributed by atoms with E-state index in [1.54, 1.807) is 16.2 Å². The minimum atomic E-state index is -0.579. The molecule has 1 aliphatic heterocycles. The third kappa shape index (κ3) is 3.03. The van der Waals surface area contributed by atoms with Gasteiger partial charge in [-0.1, -0.05) is 6.07 Å². The first-order valence-corrected chi connectivity index (χ1v) is 9.59. The minimum absolute atomic E-state index is 0.0339. The molecule has 4 rings (SSSR count). The van der Waals surface area contributed by atoms with Gasteiger partial charge >= 0.3 is 11.8 Å². The predicted molar refractivity (Wildman–Crippen MR) is 90.7 cm³/mol. The summed E-state index contributed by atoms with van der Waals surface area (Å²) in [6.07, 6.45) is 4.20. The lowest BCUT2D eigenvalue weighted by Gasteiger charge is -2.22. The van der Waals surface area contributed by atoms with E-state index in [1.165, 1.54) is 24.2 Å². The molecule has 2 aromatic heterocycles. The molecule has 2 amide bonds. The number of nitrogens with one attached hydrogen (secondary N) is 1. The standard InChI is InChI=1S/C16H17N3O2S2/c20-14(18-16-17-11(9-23-16)10-5-6-10)15(21)19-7-1-3-12(19)13-4-2-8-22-13/h2,4,8-10,12H,1,3,5-7H2,(H,17,18,20)/t12-/m1/s1. The predicted octanol–water partition coefficient (Wildman–Crippen LogP) is 3.38. The van der Waals surface area contributed by atoms with Crippen LogP contribution in [0.4, 0.5) is 5.13 Å². The van der Waals surface area contributed by atoms with Gasteiger partial charge in [0, 0.05) is 22.7 Å². The number of carbonyl (C=O) groups is 2. The van der Waals surface area contributed by atoms with Crippen LogP contribution >= 0.6 is 22.7 Å². The lowest BCUT2D eigenvalue weighted by atomic mass is 10.2.